The Hall–Kier alpha value is -2.12. The first-order chi connectivity index (χ1) is 16.2. The molecule has 0 saturated heterocycles. The molecule has 1 heterocycles. The van der Waals surface area contributed by atoms with E-state index in [0.29, 0.717) is 30.6 Å². The lowest BCUT2D eigenvalue weighted by Crippen LogP contribution is -2.31. The van der Waals surface area contributed by atoms with E-state index in [1.54, 1.807) is 12.1 Å². The molecule has 1 aromatic heterocycles. The largest absolute Gasteiger partial charge is 0.371 e. The summed E-state index contributed by atoms with van der Waals surface area (Å²) in [6.45, 7) is 12.2. The average molecular weight is 535 g/mol. The van der Waals surface area contributed by atoms with E-state index in [2.05, 4.69) is 61.6 Å². The molecule has 0 bridgehead atoms. The molecule has 13 heteroatoms. The third-order valence-corrected chi connectivity index (χ3v) is 6.82. The molecule has 35 heavy (non-hydrogen) atoms. The number of rotatable bonds is 11. The lowest BCUT2D eigenvalue weighted by Gasteiger charge is -2.29. The van der Waals surface area contributed by atoms with E-state index in [-0.39, 0.29) is 21.9 Å². The van der Waals surface area contributed by atoms with Crippen LogP contribution in [0.4, 0.5) is 35.4 Å². The van der Waals surface area contributed by atoms with Crippen molar-refractivity contribution in [3.8, 4) is 0 Å². The van der Waals surface area contributed by atoms with Crippen molar-refractivity contribution in [3.63, 3.8) is 0 Å². The molecule has 0 amide bonds. The molecule has 196 valence electrons. The summed E-state index contributed by atoms with van der Waals surface area (Å²) in [5.74, 6) is 0.667. The highest BCUT2D eigenvalue weighted by atomic mass is 32.2. The van der Waals surface area contributed by atoms with Crippen molar-refractivity contribution in [2.75, 3.05) is 24.0 Å². The Morgan fingerprint density at radius 2 is 1.69 bits per heavy atom. The van der Waals surface area contributed by atoms with Crippen molar-refractivity contribution in [2.24, 2.45) is 26.4 Å². The fourth-order valence-electron chi connectivity index (χ4n) is 3.02. The van der Waals surface area contributed by atoms with Gasteiger partial charge in [-0.15, -0.1) is 20.4 Å². The molecular formula is C22H33F3N6O2S2. The summed E-state index contributed by atoms with van der Waals surface area (Å²) in [5.41, 5.74) is 0.513. The van der Waals surface area contributed by atoms with Crippen LogP contribution in [0.1, 0.15) is 53.5 Å². The molecule has 0 fully saturated rings. The summed E-state index contributed by atoms with van der Waals surface area (Å²) in [5, 5.41) is 17.3. The van der Waals surface area contributed by atoms with Crippen LogP contribution in [-0.2, 0) is 19.6 Å². The van der Waals surface area contributed by atoms with Crippen LogP contribution in [-0.4, -0.2) is 40.1 Å². The summed E-state index contributed by atoms with van der Waals surface area (Å²) < 4.78 is 59.4. The number of nitrogens with zero attached hydrogens (tertiary/aromatic N) is 6. The van der Waals surface area contributed by atoms with Gasteiger partial charge < -0.3 is 4.90 Å². The summed E-state index contributed by atoms with van der Waals surface area (Å²) in [6.07, 6.45) is 0. The van der Waals surface area contributed by atoms with Gasteiger partial charge >= 0.3 is 6.61 Å². The van der Waals surface area contributed by atoms with Gasteiger partial charge in [-0.05, 0) is 30.0 Å². The Labute approximate surface area is 209 Å². The molecule has 0 spiro atoms. The molecule has 8 nitrogen and oxygen atoms in total. The second kappa shape index (κ2) is 12.2. The molecule has 2 rings (SSSR count). The van der Waals surface area contributed by atoms with Crippen LogP contribution < -0.4 is 4.90 Å². The molecule has 0 aliphatic rings. The molecule has 1 atom stereocenters. The second-order valence-corrected chi connectivity index (χ2v) is 12.6. The summed E-state index contributed by atoms with van der Waals surface area (Å²) in [7, 11) is -4.33. The molecule has 0 radical (unpaired) electrons. The Kier molecular flexibility index (Phi) is 10.2. The van der Waals surface area contributed by atoms with E-state index in [0.717, 1.165) is 5.01 Å². The Morgan fingerprint density at radius 1 is 1.06 bits per heavy atom. The quantitative estimate of drug-likeness (QED) is 0.278. The molecule has 1 aromatic carbocycles. The number of hydrogen-bond acceptors (Lipinski definition) is 9. The number of azo groups is 1. The minimum absolute atomic E-state index is 0.0763. The van der Waals surface area contributed by atoms with Gasteiger partial charge in [0, 0.05) is 24.2 Å². The summed E-state index contributed by atoms with van der Waals surface area (Å²) in [4.78, 5) is 2.10. The lowest BCUT2D eigenvalue weighted by atomic mass is 9.98. The van der Waals surface area contributed by atoms with Gasteiger partial charge in [0.05, 0.1) is 0 Å². The molecule has 0 aliphatic carbocycles. The maximum absolute atomic E-state index is 13.5. The van der Waals surface area contributed by atoms with Crippen molar-refractivity contribution >= 4 is 43.5 Å². The maximum atomic E-state index is 13.5. The number of aromatic nitrogens is 2. The predicted molar refractivity (Wildman–Crippen MR) is 134 cm³/mol. The van der Waals surface area contributed by atoms with Gasteiger partial charge in [0.1, 0.15) is 16.4 Å². The van der Waals surface area contributed by atoms with Gasteiger partial charge in [-0.1, -0.05) is 59.8 Å². The van der Waals surface area contributed by atoms with Crippen molar-refractivity contribution in [1.29, 1.82) is 0 Å². The van der Waals surface area contributed by atoms with Crippen molar-refractivity contribution in [2.45, 2.75) is 60.5 Å². The van der Waals surface area contributed by atoms with Crippen molar-refractivity contribution in [1.82, 2.24) is 10.2 Å². The van der Waals surface area contributed by atoms with Crippen molar-refractivity contribution < 1.29 is 21.6 Å². The van der Waals surface area contributed by atoms with E-state index < -0.39 is 22.6 Å². The molecule has 0 saturated carbocycles. The zero-order chi connectivity index (χ0) is 26.4. The molecule has 0 N–H and O–H groups in total. The van der Waals surface area contributed by atoms with E-state index >= 15 is 0 Å². The number of anilines is 1. The molecular weight excluding hydrogens is 501 g/mol. The van der Waals surface area contributed by atoms with E-state index in [4.69, 9.17) is 0 Å². The van der Waals surface area contributed by atoms with E-state index in [1.807, 2.05) is 20.8 Å². The van der Waals surface area contributed by atoms with Crippen LogP contribution in [0.3, 0.4) is 0 Å². The highest BCUT2D eigenvalue weighted by molar-refractivity contribution is 7.89. The SMILES string of the molecule is CC(C)CN(CC(C)C)c1ccc(N=Nc2nnc(C(C)(C)C)s2)c(N=S(=O)(CF)OC(F)F)c1. The Morgan fingerprint density at radius 3 is 2.17 bits per heavy atom. The van der Waals surface area contributed by atoms with Gasteiger partial charge in [-0.2, -0.15) is 13.1 Å². The fourth-order valence-corrected chi connectivity index (χ4v) is 4.56. The minimum Gasteiger partial charge on any atom is -0.371 e. The van der Waals surface area contributed by atoms with Crippen LogP contribution in [0.25, 0.3) is 0 Å². The topological polar surface area (TPSA) is 92.4 Å². The third kappa shape index (κ3) is 9.12. The third-order valence-electron chi connectivity index (χ3n) is 4.39. The zero-order valence-corrected chi connectivity index (χ0v) is 22.7. The first-order valence-corrected chi connectivity index (χ1v) is 13.6. The smallest absolute Gasteiger partial charge is 0.357 e. The highest BCUT2D eigenvalue weighted by Gasteiger charge is 2.21. The van der Waals surface area contributed by atoms with Gasteiger partial charge in [-0.25, -0.2) is 12.8 Å². The standard InChI is InChI=1S/C22H33F3N6O2S2/c1-14(2)11-31(12-15(3)4)16-8-9-17(18(10-16)30-35(32,13-23)33-20(24)25)26-28-21-29-27-19(34-21)22(5,6)7/h8-10,14-15,20H,11-13H2,1-7H3. The maximum Gasteiger partial charge on any atom is 0.357 e. The van der Waals surface area contributed by atoms with E-state index in [9.17, 15) is 17.4 Å². The molecule has 0 aliphatic heterocycles. The van der Waals surface area contributed by atoms with Crippen LogP contribution in [0.5, 0.6) is 0 Å². The number of benzene rings is 1. The zero-order valence-electron chi connectivity index (χ0n) is 21.0. The first-order valence-electron chi connectivity index (χ1n) is 11.1. The monoisotopic (exact) mass is 534 g/mol. The average Bonchev–Trinajstić information content (AvgIpc) is 3.20. The molecule has 1 unspecified atom stereocenters. The van der Waals surface area contributed by atoms with Crippen LogP contribution >= 0.6 is 11.3 Å². The Bertz CT molecular complexity index is 1110. The van der Waals surface area contributed by atoms with Crippen LogP contribution in [0, 0.1) is 11.8 Å². The van der Waals surface area contributed by atoms with Crippen LogP contribution in [0.15, 0.2) is 32.8 Å². The lowest BCUT2D eigenvalue weighted by molar-refractivity contribution is -0.0421. The normalized spacial score (nSPS) is 14.3. The number of hydrogen-bond donors (Lipinski definition) is 0. The first kappa shape index (κ1) is 29.1. The fraction of sp³-hybridized carbons (Fsp3) is 0.636. The van der Waals surface area contributed by atoms with Gasteiger partial charge in [-0.3, -0.25) is 0 Å². The van der Waals surface area contributed by atoms with Crippen LogP contribution in [0.2, 0.25) is 0 Å². The van der Waals surface area contributed by atoms with Gasteiger partial charge in [0.15, 0.2) is 6.01 Å². The van der Waals surface area contributed by atoms with Gasteiger partial charge in [0.2, 0.25) is 10.0 Å². The minimum atomic E-state index is -4.33. The number of halogens is 3. The highest BCUT2D eigenvalue weighted by Crippen LogP contribution is 2.37. The van der Waals surface area contributed by atoms with E-state index in [1.165, 1.54) is 17.4 Å². The summed E-state index contributed by atoms with van der Waals surface area (Å²) >= 11 is 1.25. The Balaban J connectivity index is 2.58. The number of alkyl halides is 3. The predicted octanol–water partition coefficient (Wildman–Crippen LogP) is 7.55. The van der Waals surface area contributed by atoms with Gasteiger partial charge in [0.25, 0.3) is 5.13 Å². The second-order valence-electron chi connectivity index (χ2n) is 9.84. The molecule has 2 aromatic rings. The summed E-state index contributed by atoms with van der Waals surface area (Å²) in [6, 6.07) is 3.18. The van der Waals surface area contributed by atoms with Crippen molar-refractivity contribution in [3.05, 3.63) is 23.2 Å².